The van der Waals surface area contributed by atoms with Crippen LogP contribution in [0.25, 0.3) is 0 Å². The smallest absolute Gasteiger partial charge is 1.00 e. The molecule has 0 heterocycles. The van der Waals surface area contributed by atoms with Gasteiger partial charge in [0.15, 0.2) is 0 Å². The first-order chi connectivity index (χ1) is 4.56. The van der Waals surface area contributed by atoms with Crippen molar-refractivity contribution in [1.82, 2.24) is 0 Å². The molecule has 0 saturated heterocycles. The van der Waals surface area contributed by atoms with Gasteiger partial charge < -0.3 is 16.0 Å². The van der Waals surface area contributed by atoms with Crippen LogP contribution in [0.5, 0.6) is 0 Å². The molecular weight excluding hydrogens is 198 g/mol. The minimum absolute atomic E-state index is 0. The van der Waals surface area contributed by atoms with Crippen molar-refractivity contribution < 1.29 is 76.4 Å². The summed E-state index contributed by atoms with van der Waals surface area (Å²) in [6, 6.07) is 0. The van der Waals surface area contributed by atoms with Crippen molar-refractivity contribution in [2.24, 2.45) is 0 Å². The average Bonchev–Trinajstić information content (AvgIpc) is 1.78. The van der Waals surface area contributed by atoms with Crippen LogP contribution in [0, 0.1) is 0 Å². The summed E-state index contributed by atoms with van der Waals surface area (Å²) in [7, 11) is -4.29. The summed E-state index contributed by atoms with van der Waals surface area (Å²) >= 11 is 0. The van der Waals surface area contributed by atoms with Crippen LogP contribution < -0.4 is 51.4 Å². The molecule has 0 aliphatic rings. The molecule has 0 fully saturated rings. The van der Waals surface area contributed by atoms with Crippen LogP contribution in [0.3, 0.4) is 0 Å². The molecular formula is C4H12KO5P. The van der Waals surface area contributed by atoms with Gasteiger partial charge in [-0.1, -0.05) is 0 Å². The van der Waals surface area contributed by atoms with Gasteiger partial charge in [-0.25, -0.2) is 4.57 Å². The van der Waals surface area contributed by atoms with Crippen LogP contribution in [0.15, 0.2) is 0 Å². The number of phosphoric ester groups is 1. The molecule has 0 aromatic heterocycles. The molecule has 0 atom stereocenters. The van der Waals surface area contributed by atoms with Crippen LogP contribution in [-0.4, -0.2) is 29.6 Å². The summed E-state index contributed by atoms with van der Waals surface area (Å²) in [5.74, 6) is 0. The Balaban J connectivity index is -0.000000405. The molecule has 11 heavy (non-hydrogen) atoms. The molecule has 0 aromatic rings. The maximum absolute atomic E-state index is 10.0. The number of hydrogen-bond acceptors (Lipinski definition) is 3. The molecule has 64 valence electrons. The van der Waals surface area contributed by atoms with Crippen LogP contribution >= 0.6 is 7.82 Å². The third kappa shape index (κ3) is 14.5. The Labute approximate surface area is 110 Å². The standard InChI is InChI=1S/C4H11O5P.K.H/c1-2-8-3-4-9-10(5,6)7;;/h2-4H2,1H3,(H2,5,6,7);;/q;+1;-1. The van der Waals surface area contributed by atoms with E-state index in [1.165, 1.54) is 0 Å². The second-order valence-electron chi connectivity index (χ2n) is 1.52. The van der Waals surface area contributed by atoms with Crippen molar-refractivity contribution in [2.75, 3.05) is 19.8 Å². The largest absolute Gasteiger partial charge is 1.00 e. The molecule has 2 N–H and O–H groups in total. The van der Waals surface area contributed by atoms with Gasteiger partial charge >= 0.3 is 59.2 Å². The van der Waals surface area contributed by atoms with Crippen LogP contribution in [0.4, 0.5) is 0 Å². The monoisotopic (exact) mass is 210 g/mol. The number of phosphoric acid groups is 1. The SMILES string of the molecule is CCOCCOP(=O)(O)O.[H-].[K+]. The van der Waals surface area contributed by atoms with Crippen LogP contribution in [0.2, 0.25) is 0 Å². The Morgan fingerprint density at radius 1 is 1.45 bits per heavy atom. The van der Waals surface area contributed by atoms with Crippen molar-refractivity contribution in [3.63, 3.8) is 0 Å². The van der Waals surface area contributed by atoms with Crippen LogP contribution in [-0.2, 0) is 13.8 Å². The van der Waals surface area contributed by atoms with E-state index >= 15 is 0 Å². The molecule has 0 bridgehead atoms. The Kier molecular flexibility index (Phi) is 11.5. The first-order valence-corrected chi connectivity index (χ1v) is 4.37. The van der Waals surface area contributed by atoms with Gasteiger partial charge in [0.25, 0.3) is 0 Å². The minimum Gasteiger partial charge on any atom is -1.00 e. The number of rotatable bonds is 5. The maximum atomic E-state index is 10.0. The van der Waals surface area contributed by atoms with E-state index < -0.39 is 7.82 Å². The zero-order valence-electron chi connectivity index (χ0n) is 7.69. The zero-order chi connectivity index (χ0) is 8.04. The predicted molar refractivity (Wildman–Crippen MR) is 35.6 cm³/mol. The van der Waals surface area contributed by atoms with E-state index in [0.29, 0.717) is 6.61 Å². The summed E-state index contributed by atoms with van der Waals surface area (Å²) in [6.45, 7) is 2.45. The third-order valence-electron chi connectivity index (χ3n) is 0.691. The third-order valence-corrected chi connectivity index (χ3v) is 1.21. The molecule has 0 amide bonds. The van der Waals surface area contributed by atoms with Crippen molar-refractivity contribution >= 4 is 7.82 Å². The minimum atomic E-state index is -4.29. The van der Waals surface area contributed by atoms with Gasteiger partial charge in [0.05, 0.1) is 13.2 Å². The summed E-state index contributed by atoms with van der Waals surface area (Å²) in [5, 5.41) is 0. The fourth-order valence-electron chi connectivity index (χ4n) is 0.359. The summed E-state index contributed by atoms with van der Waals surface area (Å²) in [6.07, 6.45) is 0. The Morgan fingerprint density at radius 3 is 2.36 bits per heavy atom. The normalized spacial score (nSPS) is 10.8. The second kappa shape index (κ2) is 8.31. The van der Waals surface area contributed by atoms with E-state index in [9.17, 15) is 4.57 Å². The van der Waals surface area contributed by atoms with Gasteiger partial charge in [-0.15, -0.1) is 0 Å². The van der Waals surface area contributed by atoms with Gasteiger partial charge in [0.2, 0.25) is 0 Å². The second-order valence-corrected chi connectivity index (χ2v) is 2.76. The molecule has 5 nitrogen and oxygen atoms in total. The molecule has 0 saturated carbocycles. The van der Waals surface area contributed by atoms with Crippen molar-refractivity contribution in [2.45, 2.75) is 6.92 Å². The molecule has 0 aliphatic heterocycles. The van der Waals surface area contributed by atoms with E-state index in [0.717, 1.165) is 0 Å². The van der Waals surface area contributed by atoms with E-state index in [1.54, 1.807) is 6.92 Å². The van der Waals surface area contributed by atoms with Crippen molar-refractivity contribution in [3.8, 4) is 0 Å². The van der Waals surface area contributed by atoms with E-state index in [1.807, 2.05) is 0 Å². The molecule has 0 spiro atoms. The van der Waals surface area contributed by atoms with Gasteiger partial charge in [-0.05, 0) is 6.92 Å². The van der Waals surface area contributed by atoms with Crippen molar-refractivity contribution in [1.29, 1.82) is 0 Å². The fraction of sp³-hybridized carbons (Fsp3) is 1.00. The Hall–Kier alpha value is 1.71. The van der Waals surface area contributed by atoms with Gasteiger partial charge in [0, 0.05) is 6.61 Å². The van der Waals surface area contributed by atoms with Crippen LogP contribution in [0.1, 0.15) is 8.35 Å². The number of hydrogen-bond donors (Lipinski definition) is 2. The predicted octanol–water partition coefficient (Wildman–Crippen LogP) is -2.75. The quantitative estimate of drug-likeness (QED) is 0.292. The molecule has 7 heteroatoms. The summed E-state index contributed by atoms with van der Waals surface area (Å²) < 4.78 is 18.8. The van der Waals surface area contributed by atoms with E-state index in [-0.39, 0.29) is 66.0 Å². The molecule has 0 aromatic carbocycles. The first kappa shape index (κ1) is 15.2. The van der Waals surface area contributed by atoms with Gasteiger partial charge in [-0.2, -0.15) is 0 Å². The van der Waals surface area contributed by atoms with E-state index in [2.05, 4.69) is 4.52 Å². The molecule has 0 radical (unpaired) electrons. The first-order valence-electron chi connectivity index (χ1n) is 2.84. The van der Waals surface area contributed by atoms with Gasteiger partial charge in [-0.3, -0.25) is 4.52 Å². The molecule has 0 unspecified atom stereocenters. The van der Waals surface area contributed by atoms with Crippen molar-refractivity contribution in [3.05, 3.63) is 0 Å². The Bertz CT molecular complexity index is 129. The average molecular weight is 210 g/mol. The topological polar surface area (TPSA) is 76.0 Å². The molecule has 0 rings (SSSR count). The van der Waals surface area contributed by atoms with Gasteiger partial charge in [0.1, 0.15) is 0 Å². The number of ether oxygens (including phenoxy) is 1. The maximum Gasteiger partial charge on any atom is 1.00 e. The van der Waals surface area contributed by atoms with E-state index in [4.69, 9.17) is 14.5 Å². The Morgan fingerprint density at radius 2 is 2.00 bits per heavy atom. The molecule has 0 aliphatic carbocycles. The fourth-order valence-corrected chi connectivity index (χ4v) is 0.672. The summed E-state index contributed by atoms with van der Waals surface area (Å²) in [4.78, 5) is 16.3. The summed E-state index contributed by atoms with van der Waals surface area (Å²) in [5.41, 5.74) is 0. The zero-order valence-corrected chi connectivity index (χ0v) is 10.7.